The molecule has 10 aromatic rings. The first-order valence-electron chi connectivity index (χ1n) is 37.4. The van der Waals surface area contributed by atoms with Crippen LogP contribution in [0.25, 0.3) is 66.8 Å². The molecule has 0 N–H and O–H groups in total. The van der Waals surface area contributed by atoms with E-state index in [0.717, 1.165) is 17.8 Å². The van der Waals surface area contributed by atoms with E-state index in [1.807, 2.05) is 0 Å². The highest BCUT2D eigenvalue weighted by atomic mass is 15.1. The molecule has 0 aliphatic heterocycles. The lowest BCUT2D eigenvalue weighted by molar-refractivity contribution is 0.401. The Balaban J connectivity index is 0.831. The van der Waals surface area contributed by atoms with E-state index in [1.165, 1.54) is 253 Å². The predicted octanol–water partition coefficient (Wildman–Crippen LogP) is 27.6. The third kappa shape index (κ3) is 13.4. The number of fused-ring (bicyclic) bond motifs is 7. The Labute approximate surface area is 571 Å². The van der Waals surface area contributed by atoms with Crippen molar-refractivity contribution in [2.24, 2.45) is 0 Å². The maximum atomic E-state index is 2.62. The van der Waals surface area contributed by atoms with E-state index < -0.39 is 0 Å². The molecule has 486 valence electrons. The number of hydrogen-bond donors (Lipinski definition) is 0. The molecule has 13 rings (SSSR count). The van der Waals surface area contributed by atoms with Gasteiger partial charge in [-0.1, -0.05) is 278 Å². The standard InChI is InChI=1S/C93H104N2/c1-8-13-17-24-58-92(59-25-18-14-9-2)88-63-75(69-28-22-21-23-29-69)41-54-84(88)85-56-43-77(65-90(85)92)72-36-49-81(50-37-72)95(80-47-32-68(33-48-80)67(6)12-5)82-51-38-73(39-52-82)78-44-57-87-86-55-42-76(71-34-45-79(46-35-71)94(7)83-53-40-70-30-31-74(70)62-83)64-89(86)93(91(87)66-78,60-26-19-15-10-3)61-27-20-16-11-4/h21-23,28-29,32-57,62-67H,8-20,24-27,30-31,58-61H2,1-7H3. The molecular formula is C93H104N2. The molecule has 0 fully saturated rings. The smallest absolute Gasteiger partial charge is 0.0462 e. The summed E-state index contributed by atoms with van der Waals surface area (Å²) in [5.41, 5.74) is 32.6. The van der Waals surface area contributed by atoms with Gasteiger partial charge >= 0.3 is 0 Å². The van der Waals surface area contributed by atoms with E-state index in [4.69, 9.17) is 0 Å². The van der Waals surface area contributed by atoms with Crippen LogP contribution in [0.3, 0.4) is 0 Å². The number of hydrogen-bond acceptors (Lipinski definition) is 2. The molecule has 2 heteroatoms. The SMILES string of the molecule is CCCCCCC1(CCCCCC)c2cc(-c3ccccc3)ccc2-c2ccc(-c3ccc(N(c4ccc(-c5ccc6c(c5)C(CCCCCC)(CCCCCC)c5cc(-c7ccc(N(C)c8ccc9c(c8)CC9)cc7)ccc5-6)cc4)c4ccc(C(C)CC)cc4)cc3)cc21. The molecule has 0 radical (unpaired) electrons. The molecule has 2 nitrogen and oxygen atoms in total. The lowest BCUT2D eigenvalue weighted by Crippen LogP contribution is -2.25. The summed E-state index contributed by atoms with van der Waals surface area (Å²) < 4.78 is 0. The van der Waals surface area contributed by atoms with E-state index in [1.54, 1.807) is 11.1 Å². The molecule has 0 saturated heterocycles. The Morgan fingerprint density at radius 3 is 0.968 bits per heavy atom. The molecule has 0 aromatic heterocycles. The average Bonchev–Trinajstić information content (AvgIpc) is 1.57. The van der Waals surface area contributed by atoms with Crippen LogP contribution in [0.5, 0.6) is 0 Å². The molecule has 95 heavy (non-hydrogen) atoms. The van der Waals surface area contributed by atoms with Crippen molar-refractivity contribution in [2.75, 3.05) is 16.8 Å². The van der Waals surface area contributed by atoms with Gasteiger partial charge in [0.25, 0.3) is 0 Å². The number of rotatable bonds is 31. The van der Waals surface area contributed by atoms with Gasteiger partial charge in [-0.3, -0.25) is 0 Å². The highest BCUT2D eigenvalue weighted by Gasteiger charge is 2.44. The molecule has 3 aliphatic rings. The lowest BCUT2D eigenvalue weighted by Gasteiger charge is -2.33. The number of nitrogens with zero attached hydrogens (tertiary/aromatic N) is 2. The second-order valence-corrected chi connectivity index (χ2v) is 28.7. The molecule has 3 aliphatic carbocycles. The first-order chi connectivity index (χ1) is 46.7. The molecule has 10 aromatic carbocycles. The van der Waals surface area contributed by atoms with Crippen LogP contribution >= 0.6 is 0 Å². The minimum absolute atomic E-state index is 0.0206. The zero-order chi connectivity index (χ0) is 65.3. The van der Waals surface area contributed by atoms with Crippen LogP contribution in [0.2, 0.25) is 0 Å². The van der Waals surface area contributed by atoms with E-state index >= 15 is 0 Å². The summed E-state index contributed by atoms with van der Waals surface area (Å²) >= 11 is 0. The van der Waals surface area contributed by atoms with Gasteiger partial charge in [-0.25, -0.2) is 0 Å². The third-order valence-corrected chi connectivity index (χ3v) is 22.7. The molecule has 0 heterocycles. The van der Waals surface area contributed by atoms with E-state index in [0.29, 0.717) is 5.92 Å². The third-order valence-electron chi connectivity index (χ3n) is 22.7. The first-order valence-corrected chi connectivity index (χ1v) is 37.4. The zero-order valence-corrected chi connectivity index (χ0v) is 58.5. The van der Waals surface area contributed by atoms with Crippen molar-refractivity contribution in [3.8, 4) is 66.8 Å². The number of anilines is 5. The highest BCUT2D eigenvalue weighted by Crippen LogP contribution is 2.58. The summed E-state index contributed by atoms with van der Waals surface area (Å²) in [6.07, 6.45) is 28.5. The fourth-order valence-electron chi connectivity index (χ4n) is 16.7. The highest BCUT2D eigenvalue weighted by molar-refractivity contribution is 5.89. The van der Waals surface area contributed by atoms with Crippen LogP contribution in [0.15, 0.2) is 218 Å². The first kappa shape index (κ1) is 65.5. The topological polar surface area (TPSA) is 6.48 Å². The van der Waals surface area contributed by atoms with Gasteiger partial charge in [0.05, 0.1) is 0 Å². The van der Waals surface area contributed by atoms with Gasteiger partial charge in [-0.05, 0) is 241 Å². The minimum Gasteiger partial charge on any atom is -0.345 e. The summed E-state index contributed by atoms with van der Waals surface area (Å²) in [4.78, 5) is 4.82. The zero-order valence-electron chi connectivity index (χ0n) is 58.5. The second kappa shape index (κ2) is 29.8. The molecule has 0 bridgehead atoms. The van der Waals surface area contributed by atoms with Crippen LogP contribution < -0.4 is 9.80 Å². The van der Waals surface area contributed by atoms with Gasteiger partial charge in [0, 0.05) is 46.3 Å². The largest absolute Gasteiger partial charge is 0.345 e. The van der Waals surface area contributed by atoms with Gasteiger partial charge in [-0.2, -0.15) is 0 Å². The fourth-order valence-corrected chi connectivity index (χ4v) is 16.7. The van der Waals surface area contributed by atoms with Crippen molar-refractivity contribution in [2.45, 2.75) is 206 Å². The maximum absolute atomic E-state index is 2.62. The average molecular weight is 1250 g/mol. The van der Waals surface area contributed by atoms with Crippen molar-refractivity contribution in [1.29, 1.82) is 0 Å². The normalized spacial score (nSPS) is 13.9. The summed E-state index contributed by atoms with van der Waals surface area (Å²) in [5.74, 6) is 0.503. The minimum atomic E-state index is -0.0550. The van der Waals surface area contributed by atoms with E-state index in [-0.39, 0.29) is 10.8 Å². The Morgan fingerprint density at radius 1 is 0.305 bits per heavy atom. The summed E-state index contributed by atoms with van der Waals surface area (Å²) in [6, 6.07) is 85.7. The van der Waals surface area contributed by atoms with Gasteiger partial charge < -0.3 is 9.80 Å². The van der Waals surface area contributed by atoms with Crippen molar-refractivity contribution >= 4 is 28.4 Å². The van der Waals surface area contributed by atoms with Crippen LogP contribution in [0.4, 0.5) is 28.4 Å². The molecule has 1 atom stereocenters. The summed E-state index contributed by atoms with van der Waals surface area (Å²) in [6.45, 7) is 14.0. The van der Waals surface area contributed by atoms with E-state index in [9.17, 15) is 0 Å². The fraction of sp³-hybridized carbons (Fsp3) is 0.355. The monoisotopic (exact) mass is 1250 g/mol. The number of unbranched alkanes of at least 4 members (excludes halogenated alkanes) is 12. The second-order valence-electron chi connectivity index (χ2n) is 28.7. The quantitative estimate of drug-likeness (QED) is 0.0400. The number of aryl methyl sites for hydroxylation is 2. The number of benzene rings is 10. The molecular weight excluding hydrogens is 1150 g/mol. The summed E-state index contributed by atoms with van der Waals surface area (Å²) in [5, 5.41) is 0. The van der Waals surface area contributed by atoms with Crippen molar-refractivity contribution < 1.29 is 0 Å². The van der Waals surface area contributed by atoms with Crippen LogP contribution in [-0.4, -0.2) is 7.05 Å². The van der Waals surface area contributed by atoms with Crippen molar-refractivity contribution in [3.63, 3.8) is 0 Å². The van der Waals surface area contributed by atoms with Crippen LogP contribution in [-0.2, 0) is 23.7 Å². The molecule has 0 spiro atoms. The lowest BCUT2D eigenvalue weighted by atomic mass is 9.70. The van der Waals surface area contributed by atoms with Gasteiger partial charge in [0.1, 0.15) is 0 Å². The molecule has 0 amide bonds. The van der Waals surface area contributed by atoms with Crippen molar-refractivity contribution in [1.82, 2.24) is 0 Å². The summed E-state index contributed by atoms with van der Waals surface area (Å²) in [7, 11) is 2.21. The molecule has 1 unspecified atom stereocenters. The van der Waals surface area contributed by atoms with Crippen LogP contribution in [0.1, 0.15) is 221 Å². The molecule has 0 saturated carbocycles. The van der Waals surface area contributed by atoms with Gasteiger partial charge in [0.2, 0.25) is 0 Å². The van der Waals surface area contributed by atoms with Crippen molar-refractivity contribution in [3.05, 3.63) is 257 Å². The maximum Gasteiger partial charge on any atom is 0.0462 e. The Hall–Kier alpha value is -8.20. The van der Waals surface area contributed by atoms with Crippen LogP contribution in [0, 0.1) is 0 Å². The Kier molecular flexibility index (Phi) is 20.6. The Bertz CT molecular complexity index is 4160. The van der Waals surface area contributed by atoms with Gasteiger partial charge in [-0.15, -0.1) is 0 Å². The predicted molar refractivity (Wildman–Crippen MR) is 411 cm³/mol. The van der Waals surface area contributed by atoms with Gasteiger partial charge in [0.15, 0.2) is 0 Å². The van der Waals surface area contributed by atoms with E-state index in [2.05, 4.69) is 277 Å². The Morgan fingerprint density at radius 2 is 0.632 bits per heavy atom.